The lowest BCUT2D eigenvalue weighted by Gasteiger charge is -2.26. The third-order valence-corrected chi connectivity index (χ3v) is 3.21. The van der Waals surface area contributed by atoms with Gasteiger partial charge in [-0.1, -0.05) is 12.2 Å². The average Bonchev–Trinajstić information content (AvgIpc) is 2.75. The summed E-state index contributed by atoms with van der Waals surface area (Å²) in [6.07, 6.45) is 6.39. The van der Waals surface area contributed by atoms with Crippen LogP contribution in [0.4, 0.5) is 0 Å². The number of fused-ring (bicyclic) bond motifs is 2. The lowest BCUT2D eigenvalue weighted by atomic mass is 9.77. The molecule has 0 aromatic carbocycles. The van der Waals surface area contributed by atoms with Gasteiger partial charge in [-0.05, 0) is 18.8 Å². The molecule has 70 valence electrons. The predicted octanol–water partition coefficient (Wildman–Crippen LogP) is 0.941. The van der Waals surface area contributed by atoms with Crippen LogP contribution < -0.4 is 0 Å². The van der Waals surface area contributed by atoms with Gasteiger partial charge >= 0.3 is 5.97 Å². The van der Waals surface area contributed by atoms with E-state index in [9.17, 15) is 9.59 Å². The second-order valence-corrected chi connectivity index (χ2v) is 3.84. The van der Waals surface area contributed by atoms with Gasteiger partial charge in [-0.3, -0.25) is 4.79 Å². The van der Waals surface area contributed by atoms with Crippen LogP contribution in [-0.2, 0) is 14.3 Å². The zero-order chi connectivity index (χ0) is 9.47. The summed E-state index contributed by atoms with van der Waals surface area (Å²) >= 11 is 0. The Morgan fingerprint density at radius 3 is 2.77 bits per heavy atom. The van der Waals surface area contributed by atoms with Crippen LogP contribution in [0.25, 0.3) is 0 Å². The van der Waals surface area contributed by atoms with Crippen molar-refractivity contribution in [1.29, 1.82) is 0 Å². The van der Waals surface area contributed by atoms with Gasteiger partial charge in [0.25, 0.3) is 0 Å². The van der Waals surface area contributed by atoms with E-state index in [0.717, 1.165) is 12.7 Å². The lowest BCUT2D eigenvalue weighted by molar-refractivity contribution is -0.156. The Labute approximate surface area is 76.8 Å². The number of hydrogen-bond donors (Lipinski definition) is 0. The smallest absolute Gasteiger partial charge is 0.319 e. The average molecular weight is 180 g/mol. The first kappa shape index (κ1) is 8.48. The molecule has 2 aliphatic rings. The molecule has 0 saturated heterocycles. The van der Waals surface area contributed by atoms with Gasteiger partial charge in [-0.15, -0.1) is 0 Å². The monoisotopic (exact) mass is 180 g/mol. The molecule has 0 aromatic rings. The molecule has 3 unspecified atom stereocenters. The fraction of sp³-hybridized carbons (Fsp3) is 0.600. The third kappa shape index (κ3) is 0.961. The highest BCUT2D eigenvalue weighted by molar-refractivity contribution is 5.94. The first-order chi connectivity index (χ1) is 6.23. The van der Waals surface area contributed by atoms with Crippen LogP contribution in [0.5, 0.6) is 0 Å². The number of methoxy groups -OCH3 is 1. The molecule has 0 amide bonds. The van der Waals surface area contributed by atoms with Crippen LogP contribution in [-0.4, -0.2) is 19.4 Å². The summed E-state index contributed by atoms with van der Waals surface area (Å²) in [5.74, 6) is 0.0936. The zero-order valence-electron chi connectivity index (χ0n) is 7.53. The van der Waals surface area contributed by atoms with Crippen LogP contribution in [0, 0.1) is 17.3 Å². The Kier molecular flexibility index (Phi) is 1.75. The Balaban J connectivity index is 2.32. The number of hydrogen-bond acceptors (Lipinski definition) is 3. The maximum absolute atomic E-state index is 11.5. The first-order valence-electron chi connectivity index (χ1n) is 4.46. The number of allylic oxidation sites excluding steroid dienone is 2. The minimum Gasteiger partial charge on any atom is -0.468 e. The molecule has 2 bridgehead atoms. The fourth-order valence-corrected chi connectivity index (χ4v) is 2.50. The first-order valence-corrected chi connectivity index (χ1v) is 4.46. The molecule has 0 aromatic heterocycles. The van der Waals surface area contributed by atoms with E-state index in [2.05, 4.69) is 10.8 Å². The second-order valence-electron chi connectivity index (χ2n) is 3.84. The van der Waals surface area contributed by atoms with Crippen molar-refractivity contribution in [3.63, 3.8) is 0 Å². The van der Waals surface area contributed by atoms with Gasteiger partial charge < -0.3 is 9.53 Å². The molecule has 0 N–H and O–H groups in total. The van der Waals surface area contributed by atoms with Gasteiger partial charge in [0.2, 0.25) is 0 Å². The van der Waals surface area contributed by atoms with Gasteiger partial charge in [0.05, 0.1) is 7.11 Å². The van der Waals surface area contributed by atoms with E-state index >= 15 is 0 Å². The molecule has 1 saturated carbocycles. The standard InChI is InChI=1S/C10H12O3/c1-13-9(12)10(6-11)5-7-2-3-8(10)4-7/h2-3,6-8H,4-5H2,1H3. The molecule has 3 heteroatoms. The van der Waals surface area contributed by atoms with E-state index in [1.54, 1.807) is 0 Å². The molecule has 2 rings (SSSR count). The molecule has 0 heterocycles. The molecular formula is C10H12O3. The highest BCUT2D eigenvalue weighted by Gasteiger charge is 2.54. The van der Waals surface area contributed by atoms with E-state index in [4.69, 9.17) is 0 Å². The number of esters is 1. The highest BCUT2D eigenvalue weighted by atomic mass is 16.5. The topological polar surface area (TPSA) is 43.4 Å². The third-order valence-electron chi connectivity index (χ3n) is 3.21. The number of carbonyl (C=O) groups excluding carboxylic acids is 2. The summed E-state index contributed by atoms with van der Waals surface area (Å²) in [6.45, 7) is 0. The molecule has 2 aliphatic carbocycles. The summed E-state index contributed by atoms with van der Waals surface area (Å²) in [4.78, 5) is 22.5. The maximum Gasteiger partial charge on any atom is 0.319 e. The molecule has 0 spiro atoms. The SMILES string of the molecule is COC(=O)C1(C=O)CC2C=CC1C2. The number of rotatable bonds is 2. The van der Waals surface area contributed by atoms with E-state index < -0.39 is 5.41 Å². The van der Waals surface area contributed by atoms with Crippen LogP contribution in [0.2, 0.25) is 0 Å². The summed E-state index contributed by atoms with van der Waals surface area (Å²) in [7, 11) is 1.34. The van der Waals surface area contributed by atoms with Crippen molar-refractivity contribution >= 4 is 12.3 Å². The predicted molar refractivity (Wildman–Crippen MR) is 45.9 cm³/mol. The van der Waals surface area contributed by atoms with Crippen LogP contribution in [0.3, 0.4) is 0 Å². The van der Waals surface area contributed by atoms with Gasteiger partial charge in [0.15, 0.2) is 0 Å². The molecule has 0 radical (unpaired) electrons. The molecule has 1 fully saturated rings. The van der Waals surface area contributed by atoms with Crippen LogP contribution in [0.15, 0.2) is 12.2 Å². The van der Waals surface area contributed by atoms with Crippen molar-refractivity contribution in [3.05, 3.63) is 12.2 Å². The van der Waals surface area contributed by atoms with Gasteiger partial charge in [-0.25, -0.2) is 0 Å². The van der Waals surface area contributed by atoms with Gasteiger partial charge in [0.1, 0.15) is 11.7 Å². The van der Waals surface area contributed by atoms with Crippen molar-refractivity contribution in [2.75, 3.05) is 7.11 Å². The molecule has 3 atom stereocenters. The molecule has 13 heavy (non-hydrogen) atoms. The van der Waals surface area contributed by atoms with Crippen LogP contribution >= 0.6 is 0 Å². The van der Waals surface area contributed by atoms with Crippen molar-refractivity contribution < 1.29 is 14.3 Å². The number of aldehydes is 1. The van der Waals surface area contributed by atoms with E-state index in [0.29, 0.717) is 12.3 Å². The molecule has 3 nitrogen and oxygen atoms in total. The number of carbonyl (C=O) groups is 2. The molecule has 0 aliphatic heterocycles. The van der Waals surface area contributed by atoms with Crippen molar-refractivity contribution in [1.82, 2.24) is 0 Å². The van der Waals surface area contributed by atoms with Crippen molar-refractivity contribution in [2.24, 2.45) is 17.3 Å². The minimum atomic E-state index is -0.867. The Morgan fingerprint density at radius 1 is 1.62 bits per heavy atom. The van der Waals surface area contributed by atoms with E-state index in [-0.39, 0.29) is 11.9 Å². The highest BCUT2D eigenvalue weighted by Crippen LogP contribution is 2.51. The Morgan fingerprint density at radius 2 is 2.38 bits per heavy atom. The Hall–Kier alpha value is -1.12. The quantitative estimate of drug-likeness (QED) is 0.275. The van der Waals surface area contributed by atoms with Gasteiger partial charge in [-0.2, -0.15) is 0 Å². The summed E-state index contributed by atoms with van der Waals surface area (Å²) in [5.41, 5.74) is -0.867. The fourth-order valence-electron chi connectivity index (χ4n) is 2.50. The minimum absolute atomic E-state index is 0.0717. The van der Waals surface area contributed by atoms with Crippen LogP contribution in [0.1, 0.15) is 12.8 Å². The summed E-state index contributed by atoms with van der Waals surface area (Å²) < 4.78 is 4.68. The summed E-state index contributed by atoms with van der Waals surface area (Å²) in [5, 5.41) is 0. The second kappa shape index (κ2) is 2.69. The zero-order valence-corrected chi connectivity index (χ0v) is 7.53. The van der Waals surface area contributed by atoms with Crippen molar-refractivity contribution in [2.45, 2.75) is 12.8 Å². The number of ether oxygens (including phenoxy) is 1. The summed E-state index contributed by atoms with van der Waals surface area (Å²) in [6, 6.07) is 0. The Bertz CT molecular complexity index is 282. The van der Waals surface area contributed by atoms with E-state index in [1.807, 2.05) is 6.08 Å². The molecular weight excluding hydrogens is 168 g/mol. The lowest BCUT2D eigenvalue weighted by Crippen LogP contribution is -2.37. The van der Waals surface area contributed by atoms with Crippen molar-refractivity contribution in [3.8, 4) is 0 Å². The maximum atomic E-state index is 11.5. The van der Waals surface area contributed by atoms with Gasteiger partial charge in [0, 0.05) is 5.92 Å². The van der Waals surface area contributed by atoms with E-state index in [1.165, 1.54) is 7.11 Å². The normalized spacial score (nSPS) is 40.7. The largest absolute Gasteiger partial charge is 0.468 e.